The third kappa shape index (κ3) is 2.45. The number of hydrogen-bond acceptors (Lipinski definition) is 3. The average Bonchev–Trinajstić information content (AvgIpc) is 2.15. The molecular weight excluding hydrogens is 234 g/mol. The van der Waals surface area contributed by atoms with Gasteiger partial charge in [-0.25, -0.2) is 0 Å². The summed E-state index contributed by atoms with van der Waals surface area (Å²) in [6, 6.07) is 1.50. The van der Waals surface area contributed by atoms with Crippen LogP contribution in [0.1, 0.15) is 11.7 Å². The zero-order valence-electron chi connectivity index (χ0n) is 7.53. The van der Waals surface area contributed by atoms with E-state index in [0.717, 1.165) is 0 Å². The van der Waals surface area contributed by atoms with Gasteiger partial charge >= 0.3 is 11.9 Å². The molecule has 0 saturated carbocycles. The number of hydrogen-bond donors (Lipinski definition) is 1. The molecule has 0 heterocycles. The maximum Gasteiger partial charge on any atom is 0.418 e. The summed E-state index contributed by atoms with van der Waals surface area (Å²) in [6.07, 6.45) is -7.82. The van der Waals surface area contributed by atoms with E-state index in [1.807, 2.05) is 0 Å². The van der Waals surface area contributed by atoms with Crippen LogP contribution in [0.5, 0.6) is 0 Å². The summed E-state index contributed by atoms with van der Waals surface area (Å²) in [5.41, 5.74) is -1.89. The Morgan fingerprint density at radius 1 is 1.38 bits per heavy atom. The maximum absolute atomic E-state index is 12.8. The quantitative estimate of drug-likeness (QED) is 0.489. The van der Waals surface area contributed by atoms with Crippen molar-refractivity contribution in [3.63, 3.8) is 0 Å². The molecule has 0 bridgehead atoms. The summed E-state index contributed by atoms with van der Waals surface area (Å²) in [6.45, 7) is 0. The van der Waals surface area contributed by atoms with Crippen LogP contribution < -0.4 is 0 Å². The van der Waals surface area contributed by atoms with Gasteiger partial charge in [-0.15, -0.1) is 0 Å². The minimum atomic E-state index is -4.95. The molecule has 0 amide bonds. The van der Waals surface area contributed by atoms with Crippen molar-refractivity contribution in [3.8, 4) is 0 Å². The highest BCUT2D eigenvalue weighted by Gasteiger charge is 2.40. The molecule has 16 heavy (non-hydrogen) atoms. The molecule has 0 unspecified atom stereocenters. The Balaban J connectivity index is 3.18. The molecule has 1 aromatic rings. The summed E-state index contributed by atoms with van der Waals surface area (Å²) in [5.74, 6) is -1.26. The fourth-order valence-corrected chi connectivity index (χ4v) is 1.03. The predicted molar refractivity (Wildman–Crippen MR) is 44.1 cm³/mol. The van der Waals surface area contributed by atoms with Crippen LogP contribution in [0.3, 0.4) is 0 Å². The van der Waals surface area contributed by atoms with E-state index in [1.165, 1.54) is 0 Å². The Morgan fingerprint density at radius 3 is 2.38 bits per heavy atom. The van der Waals surface area contributed by atoms with Crippen LogP contribution in [0, 0.1) is 15.9 Å². The summed E-state index contributed by atoms with van der Waals surface area (Å²) in [5, 5.41) is 19.0. The van der Waals surface area contributed by atoms with Gasteiger partial charge in [-0.3, -0.25) is 10.1 Å². The van der Waals surface area contributed by atoms with Gasteiger partial charge in [-0.2, -0.15) is 17.6 Å². The highest BCUT2D eigenvalue weighted by atomic mass is 19.4. The molecule has 8 heteroatoms. The van der Waals surface area contributed by atoms with E-state index in [0.29, 0.717) is 18.2 Å². The van der Waals surface area contributed by atoms with Gasteiger partial charge in [0.05, 0.1) is 4.92 Å². The van der Waals surface area contributed by atoms with E-state index in [4.69, 9.17) is 5.11 Å². The van der Waals surface area contributed by atoms with Gasteiger partial charge in [0.15, 0.2) is 6.10 Å². The molecule has 0 aliphatic heterocycles. The lowest BCUT2D eigenvalue weighted by molar-refractivity contribution is -0.387. The van der Waals surface area contributed by atoms with Crippen molar-refractivity contribution in [2.45, 2.75) is 12.3 Å². The fourth-order valence-electron chi connectivity index (χ4n) is 1.03. The molecular formula is C8H5F4NO3. The molecule has 1 N–H and O–H groups in total. The number of alkyl halides is 3. The lowest BCUT2D eigenvalue weighted by Gasteiger charge is -2.14. The number of nitro benzene ring substituents is 1. The van der Waals surface area contributed by atoms with E-state index < -0.39 is 34.3 Å². The van der Waals surface area contributed by atoms with Crippen molar-refractivity contribution < 1.29 is 27.6 Å². The van der Waals surface area contributed by atoms with Crippen LogP contribution in [0.25, 0.3) is 0 Å². The largest absolute Gasteiger partial charge is 0.418 e. The second-order valence-electron chi connectivity index (χ2n) is 2.91. The number of halogens is 4. The summed E-state index contributed by atoms with van der Waals surface area (Å²) in [7, 11) is 0. The second-order valence-corrected chi connectivity index (χ2v) is 2.91. The zero-order chi connectivity index (χ0) is 12.5. The number of rotatable bonds is 2. The molecule has 1 atom stereocenters. The Kier molecular flexibility index (Phi) is 3.13. The van der Waals surface area contributed by atoms with Gasteiger partial charge in [0.2, 0.25) is 5.82 Å². The molecule has 1 aromatic carbocycles. The summed E-state index contributed by atoms with van der Waals surface area (Å²) in [4.78, 5) is 9.08. The molecule has 0 fully saturated rings. The van der Waals surface area contributed by atoms with Gasteiger partial charge < -0.3 is 5.11 Å². The topological polar surface area (TPSA) is 63.4 Å². The molecule has 0 aliphatic carbocycles. The van der Waals surface area contributed by atoms with Crippen molar-refractivity contribution in [1.82, 2.24) is 0 Å². The molecule has 0 saturated heterocycles. The van der Waals surface area contributed by atoms with Crippen molar-refractivity contribution in [2.24, 2.45) is 0 Å². The van der Waals surface area contributed by atoms with Crippen LogP contribution >= 0.6 is 0 Å². The molecule has 1 rings (SSSR count). The molecule has 88 valence electrons. The third-order valence-corrected chi connectivity index (χ3v) is 1.79. The maximum atomic E-state index is 12.8. The number of aliphatic hydroxyl groups is 1. The van der Waals surface area contributed by atoms with E-state index in [-0.39, 0.29) is 0 Å². The normalized spacial score (nSPS) is 13.6. The lowest BCUT2D eigenvalue weighted by atomic mass is 10.1. The van der Waals surface area contributed by atoms with Crippen molar-refractivity contribution in [3.05, 3.63) is 39.7 Å². The Morgan fingerprint density at radius 2 is 1.94 bits per heavy atom. The van der Waals surface area contributed by atoms with Crippen LogP contribution in [0.15, 0.2) is 18.2 Å². The predicted octanol–water partition coefficient (Wildman–Crippen LogP) is 2.33. The fraction of sp³-hybridized carbons (Fsp3) is 0.250. The van der Waals surface area contributed by atoms with Gasteiger partial charge in [0, 0.05) is 6.07 Å². The Bertz CT molecular complexity index is 418. The van der Waals surface area contributed by atoms with Crippen LogP contribution in [-0.4, -0.2) is 16.2 Å². The van der Waals surface area contributed by atoms with Crippen molar-refractivity contribution >= 4 is 5.69 Å². The molecule has 0 radical (unpaired) electrons. The van der Waals surface area contributed by atoms with Crippen LogP contribution in [0.2, 0.25) is 0 Å². The number of aliphatic hydroxyl groups excluding tert-OH is 1. The first-order chi connectivity index (χ1) is 7.23. The van der Waals surface area contributed by atoms with Crippen molar-refractivity contribution in [1.29, 1.82) is 0 Å². The SMILES string of the molecule is O=[N+]([O-])c1cc([C@@H](O)C(F)(F)F)ccc1F. The smallest absolute Gasteiger partial charge is 0.379 e. The average molecular weight is 239 g/mol. The first-order valence-electron chi connectivity index (χ1n) is 3.92. The van der Waals surface area contributed by atoms with Crippen molar-refractivity contribution in [2.75, 3.05) is 0 Å². The molecule has 0 aliphatic rings. The molecule has 4 nitrogen and oxygen atoms in total. The number of nitro groups is 1. The lowest BCUT2D eigenvalue weighted by Crippen LogP contribution is -2.20. The minimum Gasteiger partial charge on any atom is -0.379 e. The van der Waals surface area contributed by atoms with E-state index in [2.05, 4.69) is 0 Å². The first kappa shape index (κ1) is 12.4. The van der Waals surface area contributed by atoms with Crippen LogP contribution in [0.4, 0.5) is 23.2 Å². The number of benzene rings is 1. The highest BCUT2D eigenvalue weighted by molar-refractivity contribution is 5.37. The van der Waals surface area contributed by atoms with Gasteiger partial charge in [-0.1, -0.05) is 6.07 Å². The minimum absolute atomic E-state index is 0.355. The van der Waals surface area contributed by atoms with Crippen LogP contribution in [-0.2, 0) is 0 Å². The Labute approximate surface area is 86.3 Å². The summed E-state index contributed by atoms with van der Waals surface area (Å²) >= 11 is 0. The third-order valence-electron chi connectivity index (χ3n) is 1.79. The van der Waals surface area contributed by atoms with Gasteiger partial charge in [0.25, 0.3) is 0 Å². The zero-order valence-corrected chi connectivity index (χ0v) is 7.53. The van der Waals surface area contributed by atoms with Gasteiger partial charge in [-0.05, 0) is 11.6 Å². The van der Waals surface area contributed by atoms with E-state index in [9.17, 15) is 27.7 Å². The van der Waals surface area contributed by atoms with E-state index >= 15 is 0 Å². The monoisotopic (exact) mass is 239 g/mol. The van der Waals surface area contributed by atoms with Gasteiger partial charge in [0.1, 0.15) is 0 Å². The number of nitrogens with zero attached hydrogens (tertiary/aromatic N) is 1. The van der Waals surface area contributed by atoms with E-state index in [1.54, 1.807) is 0 Å². The summed E-state index contributed by atoms with van der Waals surface area (Å²) < 4.78 is 48.9. The Hall–Kier alpha value is -1.70. The molecule has 0 aromatic heterocycles. The highest BCUT2D eigenvalue weighted by Crippen LogP contribution is 2.34. The first-order valence-corrected chi connectivity index (χ1v) is 3.92. The molecule has 0 spiro atoms. The standard InChI is InChI=1S/C8H5F4NO3/c9-5-2-1-4(3-6(5)13(15)16)7(14)8(10,11)12/h1-3,7,14H/t7-/m1/s1. The second kappa shape index (κ2) is 4.05.